The van der Waals surface area contributed by atoms with Gasteiger partial charge in [0.2, 0.25) is 0 Å². The van der Waals surface area contributed by atoms with Crippen LogP contribution in [0.25, 0.3) is 82.1 Å². The predicted molar refractivity (Wildman–Crippen MR) is 242 cm³/mol. The quantitative estimate of drug-likeness (QED) is 0.131. The Morgan fingerprint density at radius 2 is 1.14 bits per heavy atom. The van der Waals surface area contributed by atoms with Gasteiger partial charge in [-0.1, -0.05) is 155 Å². The lowest BCUT2D eigenvalue weighted by atomic mass is 9.87. The van der Waals surface area contributed by atoms with Crippen LogP contribution in [0.3, 0.4) is 0 Å². The van der Waals surface area contributed by atoms with E-state index in [4.69, 9.17) is 0 Å². The molecule has 57 heavy (non-hydrogen) atoms. The molecule has 272 valence electrons. The van der Waals surface area contributed by atoms with Crippen molar-refractivity contribution in [2.24, 2.45) is 5.41 Å². The van der Waals surface area contributed by atoms with Crippen molar-refractivity contribution < 1.29 is 0 Å². The summed E-state index contributed by atoms with van der Waals surface area (Å²) < 4.78 is 2.37. The van der Waals surface area contributed by atoms with E-state index in [1.54, 1.807) is 24.3 Å². The number of nitriles is 2. The van der Waals surface area contributed by atoms with Crippen molar-refractivity contribution >= 4 is 54.1 Å². The van der Waals surface area contributed by atoms with Crippen molar-refractivity contribution in [3.05, 3.63) is 200 Å². The van der Waals surface area contributed by atoms with Crippen LogP contribution in [0, 0.1) is 28.1 Å². The summed E-state index contributed by atoms with van der Waals surface area (Å²) in [7, 11) is 0. The van der Waals surface area contributed by atoms with Crippen LogP contribution < -0.4 is 0 Å². The molecule has 0 aliphatic heterocycles. The Morgan fingerprint density at radius 3 is 1.81 bits per heavy atom. The van der Waals surface area contributed by atoms with Gasteiger partial charge in [-0.15, -0.1) is 0 Å². The SMILES string of the molecule is C=C/C=C\C(=C)C(C)(C)C.N#Cc1cccc(C#N)c1-c1ccc2c(ccc3c4ccc(-n5c6ccccc6c6cc(-c7ccccc7)ccc65)cc4ccc23)c1. The standard InChI is InChI=1S/C44H25N3.C10H16/c45-26-33-9-6-10-34(27-46)44(33)32-15-18-36-30(23-32)13-19-39-37-21-17-35(24-31(37)14-20-38(36)39)47-42-12-5-4-11-40(42)41-25-29(16-22-43(41)47)28-7-2-1-3-8-28;1-6-7-8-9(2)10(3,4)5/h1-25H;6-8H,1-2H2,3-5H3/b;8-7-. The van der Waals surface area contributed by atoms with Gasteiger partial charge in [-0.25, -0.2) is 0 Å². The molecule has 0 atom stereocenters. The van der Waals surface area contributed by atoms with E-state index in [-0.39, 0.29) is 5.41 Å². The molecule has 0 spiro atoms. The molecule has 9 rings (SSSR count). The molecule has 0 amide bonds. The summed E-state index contributed by atoms with van der Waals surface area (Å²) in [6, 6.07) is 57.6. The lowest BCUT2D eigenvalue weighted by Crippen LogP contribution is -2.05. The van der Waals surface area contributed by atoms with Gasteiger partial charge >= 0.3 is 0 Å². The summed E-state index contributed by atoms with van der Waals surface area (Å²) in [5.74, 6) is 0. The highest BCUT2D eigenvalue weighted by Gasteiger charge is 2.16. The minimum atomic E-state index is 0.180. The van der Waals surface area contributed by atoms with Crippen LogP contribution >= 0.6 is 0 Å². The largest absolute Gasteiger partial charge is 0.309 e. The first-order valence-electron chi connectivity index (χ1n) is 19.1. The maximum absolute atomic E-state index is 9.73. The van der Waals surface area contributed by atoms with E-state index in [9.17, 15) is 10.5 Å². The number of aromatic nitrogens is 1. The molecule has 3 heteroatoms. The van der Waals surface area contributed by atoms with E-state index < -0.39 is 0 Å². The Balaban J connectivity index is 0.000000405. The van der Waals surface area contributed by atoms with Crippen molar-refractivity contribution in [1.82, 2.24) is 4.57 Å². The fourth-order valence-electron chi connectivity index (χ4n) is 7.71. The number of fused-ring (bicyclic) bond motifs is 8. The van der Waals surface area contributed by atoms with Crippen LogP contribution in [0.5, 0.6) is 0 Å². The van der Waals surface area contributed by atoms with Gasteiger partial charge in [0, 0.05) is 22.0 Å². The first-order valence-corrected chi connectivity index (χ1v) is 19.1. The number of hydrogen-bond donors (Lipinski definition) is 0. The van der Waals surface area contributed by atoms with Gasteiger partial charge in [0.05, 0.1) is 34.3 Å². The molecule has 0 N–H and O–H groups in total. The molecule has 9 aromatic rings. The second-order valence-electron chi connectivity index (χ2n) is 15.3. The number of hydrogen-bond acceptors (Lipinski definition) is 2. The Kier molecular flexibility index (Phi) is 9.60. The van der Waals surface area contributed by atoms with Crippen LogP contribution in [-0.2, 0) is 0 Å². The molecule has 0 aliphatic carbocycles. The van der Waals surface area contributed by atoms with E-state index in [0.717, 1.165) is 27.6 Å². The zero-order valence-corrected chi connectivity index (χ0v) is 32.4. The number of nitrogens with zero attached hydrogens (tertiary/aromatic N) is 3. The molecule has 0 saturated carbocycles. The van der Waals surface area contributed by atoms with Gasteiger partial charge in [0.15, 0.2) is 0 Å². The molecule has 1 heterocycles. The topological polar surface area (TPSA) is 52.5 Å². The molecule has 0 unspecified atom stereocenters. The van der Waals surface area contributed by atoms with Gasteiger partial charge in [-0.05, 0) is 109 Å². The monoisotopic (exact) mass is 731 g/mol. The maximum Gasteiger partial charge on any atom is 0.0998 e. The molecule has 3 nitrogen and oxygen atoms in total. The second-order valence-corrected chi connectivity index (χ2v) is 15.3. The summed E-state index contributed by atoms with van der Waals surface area (Å²) in [5.41, 5.74) is 9.81. The molecule has 0 radical (unpaired) electrons. The zero-order valence-electron chi connectivity index (χ0n) is 32.4. The third-order valence-electron chi connectivity index (χ3n) is 10.8. The summed E-state index contributed by atoms with van der Waals surface area (Å²) in [5, 5.41) is 28.9. The van der Waals surface area contributed by atoms with Crippen molar-refractivity contribution in [2.45, 2.75) is 20.8 Å². The highest BCUT2D eigenvalue weighted by atomic mass is 15.0. The minimum Gasteiger partial charge on any atom is -0.309 e. The highest BCUT2D eigenvalue weighted by molar-refractivity contribution is 6.18. The first-order chi connectivity index (χ1) is 27.7. The Hall–Kier alpha value is -7.46. The molecule has 0 fully saturated rings. The summed E-state index contributed by atoms with van der Waals surface area (Å²) >= 11 is 0. The molecule has 8 aromatic carbocycles. The fraction of sp³-hybridized carbons (Fsp3) is 0.0741. The predicted octanol–water partition coefficient (Wildman–Crippen LogP) is 14.7. The van der Waals surface area contributed by atoms with E-state index >= 15 is 0 Å². The third kappa shape index (κ3) is 6.78. The lowest BCUT2D eigenvalue weighted by Gasteiger charge is -2.18. The Morgan fingerprint density at radius 1 is 0.544 bits per heavy atom. The summed E-state index contributed by atoms with van der Waals surface area (Å²) in [6.45, 7) is 13.9. The van der Waals surface area contributed by atoms with Crippen LogP contribution in [-0.4, -0.2) is 4.57 Å². The van der Waals surface area contributed by atoms with Gasteiger partial charge in [0.1, 0.15) is 0 Å². The van der Waals surface area contributed by atoms with Crippen LogP contribution in [0.2, 0.25) is 0 Å². The highest BCUT2D eigenvalue weighted by Crippen LogP contribution is 2.38. The normalized spacial score (nSPS) is 11.5. The zero-order chi connectivity index (χ0) is 39.7. The lowest BCUT2D eigenvalue weighted by molar-refractivity contribution is 0.519. The van der Waals surface area contributed by atoms with E-state index in [0.29, 0.717) is 16.7 Å². The Labute approximate surface area is 334 Å². The average molecular weight is 732 g/mol. The van der Waals surface area contributed by atoms with Crippen molar-refractivity contribution in [2.75, 3.05) is 0 Å². The summed E-state index contributed by atoms with van der Waals surface area (Å²) in [4.78, 5) is 0. The summed E-state index contributed by atoms with van der Waals surface area (Å²) in [6.07, 6.45) is 5.66. The van der Waals surface area contributed by atoms with Crippen molar-refractivity contribution in [1.29, 1.82) is 10.5 Å². The van der Waals surface area contributed by atoms with Crippen LogP contribution in [0.1, 0.15) is 31.9 Å². The first kappa shape index (κ1) is 36.5. The number of para-hydroxylation sites is 1. The van der Waals surface area contributed by atoms with Crippen LogP contribution in [0.4, 0.5) is 0 Å². The Bertz CT molecular complexity index is 3120. The molecule has 0 saturated heterocycles. The second kappa shape index (κ2) is 15.0. The smallest absolute Gasteiger partial charge is 0.0998 e. The van der Waals surface area contributed by atoms with Gasteiger partial charge in [-0.3, -0.25) is 0 Å². The maximum atomic E-state index is 9.73. The van der Waals surface area contributed by atoms with Crippen molar-refractivity contribution in [3.8, 4) is 40.1 Å². The van der Waals surface area contributed by atoms with E-state index in [1.807, 2.05) is 18.2 Å². The minimum absolute atomic E-state index is 0.180. The number of allylic oxidation sites excluding steroid dienone is 4. The van der Waals surface area contributed by atoms with Crippen LogP contribution in [0.15, 0.2) is 189 Å². The average Bonchev–Trinajstić information content (AvgIpc) is 3.58. The molecule has 0 bridgehead atoms. The number of rotatable bonds is 5. The molecular formula is C54H41N3. The van der Waals surface area contributed by atoms with Gasteiger partial charge in [0.25, 0.3) is 0 Å². The third-order valence-corrected chi connectivity index (χ3v) is 10.8. The molecular weight excluding hydrogens is 691 g/mol. The number of benzene rings is 8. The van der Waals surface area contributed by atoms with Crippen molar-refractivity contribution in [3.63, 3.8) is 0 Å². The molecule has 0 aliphatic rings. The van der Waals surface area contributed by atoms with E-state index in [1.165, 1.54) is 54.5 Å². The van der Waals surface area contributed by atoms with Gasteiger partial charge < -0.3 is 4.57 Å². The van der Waals surface area contributed by atoms with E-state index in [2.05, 4.69) is 178 Å². The molecule has 1 aromatic heterocycles. The van der Waals surface area contributed by atoms with Gasteiger partial charge in [-0.2, -0.15) is 10.5 Å². The fourth-order valence-corrected chi connectivity index (χ4v) is 7.71.